The van der Waals surface area contributed by atoms with Crippen LogP contribution in [0.15, 0.2) is 0 Å². The standard InChI is InChI=1S/C14H29NO3/c1-12(2)15-7-9-18-11-10-17-8-6-13(16)14(3,4)5/h12,15H,6-11H2,1-5H3. The van der Waals surface area contributed by atoms with E-state index < -0.39 is 0 Å². The van der Waals surface area contributed by atoms with E-state index in [0.717, 1.165) is 6.54 Å². The molecule has 0 aromatic heterocycles. The third kappa shape index (κ3) is 10.7. The van der Waals surface area contributed by atoms with Gasteiger partial charge in [0.15, 0.2) is 0 Å². The number of carbonyl (C=O) groups is 1. The van der Waals surface area contributed by atoms with Gasteiger partial charge in [-0.2, -0.15) is 0 Å². The molecule has 0 saturated carbocycles. The number of Topliss-reactive ketones (excluding diaryl/α,β-unsaturated/α-hetero) is 1. The molecule has 4 nitrogen and oxygen atoms in total. The Morgan fingerprint density at radius 3 is 2.11 bits per heavy atom. The van der Waals surface area contributed by atoms with Gasteiger partial charge in [0.2, 0.25) is 0 Å². The molecule has 0 aliphatic rings. The summed E-state index contributed by atoms with van der Waals surface area (Å²) in [5, 5.41) is 3.27. The summed E-state index contributed by atoms with van der Waals surface area (Å²) < 4.78 is 10.7. The molecule has 4 heteroatoms. The Morgan fingerprint density at radius 2 is 1.61 bits per heavy atom. The van der Waals surface area contributed by atoms with E-state index in [9.17, 15) is 4.79 Å². The lowest BCUT2D eigenvalue weighted by atomic mass is 9.89. The fraction of sp³-hybridized carbons (Fsp3) is 0.929. The fourth-order valence-corrected chi connectivity index (χ4v) is 1.28. The molecule has 0 saturated heterocycles. The van der Waals surface area contributed by atoms with Crippen LogP contribution in [-0.2, 0) is 14.3 Å². The lowest BCUT2D eigenvalue weighted by Crippen LogP contribution is -2.27. The molecule has 0 aromatic carbocycles. The number of ether oxygens (including phenoxy) is 2. The van der Waals surface area contributed by atoms with E-state index in [4.69, 9.17) is 9.47 Å². The highest BCUT2D eigenvalue weighted by Crippen LogP contribution is 2.16. The van der Waals surface area contributed by atoms with Crippen LogP contribution in [0.1, 0.15) is 41.0 Å². The minimum atomic E-state index is -0.262. The van der Waals surface area contributed by atoms with E-state index in [0.29, 0.717) is 38.9 Å². The summed E-state index contributed by atoms with van der Waals surface area (Å²) in [6.07, 6.45) is 0.485. The molecule has 0 aliphatic carbocycles. The second-order valence-electron chi connectivity index (χ2n) is 5.76. The lowest BCUT2D eigenvalue weighted by Gasteiger charge is -2.16. The minimum absolute atomic E-state index is 0.240. The molecule has 0 rings (SSSR count). The zero-order valence-electron chi connectivity index (χ0n) is 12.5. The molecule has 0 radical (unpaired) electrons. The Hall–Kier alpha value is -0.450. The summed E-state index contributed by atoms with van der Waals surface area (Å²) >= 11 is 0. The number of hydrogen-bond donors (Lipinski definition) is 1. The van der Waals surface area contributed by atoms with Crippen LogP contribution in [-0.4, -0.2) is 44.8 Å². The number of rotatable bonds is 10. The first kappa shape index (κ1) is 17.6. The van der Waals surface area contributed by atoms with Crippen LogP contribution in [0, 0.1) is 5.41 Å². The lowest BCUT2D eigenvalue weighted by molar-refractivity contribution is -0.127. The first-order valence-electron chi connectivity index (χ1n) is 6.76. The van der Waals surface area contributed by atoms with Gasteiger partial charge in [0.05, 0.1) is 26.4 Å². The Labute approximate surface area is 111 Å². The molecule has 1 N–H and O–H groups in total. The number of nitrogens with one attached hydrogen (secondary N) is 1. The summed E-state index contributed by atoms with van der Waals surface area (Å²) in [7, 11) is 0. The predicted molar refractivity (Wildman–Crippen MR) is 73.9 cm³/mol. The van der Waals surface area contributed by atoms with E-state index in [2.05, 4.69) is 19.2 Å². The Balaban J connectivity index is 3.24. The van der Waals surface area contributed by atoms with Crippen LogP contribution in [0.25, 0.3) is 0 Å². The van der Waals surface area contributed by atoms with Crippen molar-refractivity contribution in [1.29, 1.82) is 0 Å². The second-order valence-corrected chi connectivity index (χ2v) is 5.76. The zero-order chi connectivity index (χ0) is 14.0. The van der Waals surface area contributed by atoms with Gasteiger partial charge in [-0.05, 0) is 0 Å². The molecular weight excluding hydrogens is 230 g/mol. The molecule has 0 aliphatic heterocycles. The number of carbonyl (C=O) groups excluding carboxylic acids is 1. The molecule has 0 heterocycles. The summed E-state index contributed by atoms with van der Waals surface area (Å²) in [6, 6.07) is 0.494. The first-order chi connectivity index (χ1) is 8.34. The van der Waals surface area contributed by atoms with Crippen molar-refractivity contribution in [3.8, 4) is 0 Å². The van der Waals surface area contributed by atoms with Crippen LogP contribution in [0.4, 0.5) is 0 Å². The highest BCUT2D eigenvalue weighted by Gasteiger charge is 2.20. The van der Waals surface area contributed by atoms with E-state index in [1.807, 2.05) is 20.8 Å². The van der Waals surface area contributed by atoms with Crippen molar-refractivity contribution in [2.24, 2.45) is 5.41 Å². The summed E-state index contributed by atoms with van der Waals surface area (Å²) in [5.74, 6) is 0.240. The van der Waals surface area contributed by atoms with E-state index >= 15 is 0 Å². The topological polar surface area (TPSA) is 47.6 Å². The monoisotopic (exact) mass is 259 g/mol. The van der Waals surface area contributed by atoms with Crippen LogP contribution in [0.2, 0.25) is 0 Å². The van der Waals surface area contributed by atoms with Crippen LogP contribution in [0.5, 0.6) is 0 Å². The van der Waals surface area contributed by atoms with Gasteiger partial charge in [0, 0.05) is 24.4 Å². The molecule has 108 valence electrons. The molecule has 0 aromatic rings. The number of ketones is 1. The third-order valence-corrected chi connectivity index (χ3v) is 2.48. The maximum Gasteiger partial charge on any atom is 0.140 e. The highest BCUT2D eigenvalue weighted by molar-refractivity contribution is 5.83. The van der Waals surface area contributed by atoms with Crippen molar-refractivity contribution < 1.29 is 14.3 Å². The van der Waals surface area contributed by atoms with E-state index in [-0.39, 0.29) is 11.2 Å². The summed E-state index contributed by atoms with van der Waals surface area (Å²) in [6.45, 7) is 13.2. The normalized spacial score (nSPS) is 12.1. The van der Waals surface area contributed by atoms with E-state index in [1.54, 1.807) is 0 Å². The maximum atomic E-state index is 11.6. The molecule has 0 fully saturated rings. The minimum Gasteiger partial charge on any atom is -0.379 e. The van der Waals surface area contributed by atoms with Gasteiger partial charge in [0.25, 0.3) is 0 Å². The summed E-state index contributed by atoms with van der Waals surface area (Å²) in [5.41, 5.74) is -0.262. The van der Waals surface area contributed by atoms with Gasteiger partial charge in [-0.3, -0.25) is 4.79 Å². The third-order valence-electron chi connectivity index (χ3n) is 2.48. The molecule has 0 unspecified atom stereocenters. The van der Waals surface area contributed by atoms with Gasteiger partial charge in [-0.1, -0.05) is 34.6 Å². The molecule has 0 amide bonds. The predicted octanol–water partition coefficient (Wildman–Crippen LogP) is 2.02. The number of hydrogen-bond acceptors (Lipinski definition) is 4. The van der Waals surface area contributed by atoms with Crippen molar-refractivity contribution in [3.05, 3.63) is 0 Å². The van der Waals surface area contributed by atoms with Crippen LogP contribution < -0.4 is 5.32 Å². The molecule has 18 heavy (non-hydrogen) atoms. The van der Waals surface area contributed by atoms with Gasteiger partial charge >= 0.3 is 0 Å². The Morgan fingerprint density at radius 1 is 1.06 bits per heavy atom. The van der Waals surface area contributed by atoms with Gasteiger partial charge < -0.3 is 14.8 Å². The van der Waals surface area contributed by atoms with Crippen molar-refractivity contribution in [2.75, 3.05) is 33.0 Å². The Bertz CT molecular complexity index is 222. The van der Waals surface area contributed by atoms with Crippen molar-refractivity contribution in [1.82, 2.24) is 5.32 Å². The highest BCUT2D eigenvalue weighted by atomic mass is 16.5. The molecule has 0 spiro atoms. The largest absolute Gasteiger partial charge is 0.379 e. The van der Waals surface area contributed by atoms with Gasteiger partial charge in [-0.15, -0.1) is 0 Å². The van der Waals surface area contributed by atoms with Gasteiger partial charge in [0.1, 0.15) is 5.78 Å². The fourth-order valence-electron chi connectivity index (χ4n) is 1.28. The quantitative estimate of drug-likeness (QED) is 0.610. The van der Waals surface area contributed by atoms with Crippen LogP contribution in [0.3, 0.4) is 0 Å². The smallest absolute Gasteiger partial charge is 0.140 e. The zero-order valence-corrected chi connectivity index (χ0v) is 12.5. The molecular formula is C14H29NO3. The summed E-state index contributed by atoms with van der Waals surface area (Å²) in [4.78, 5) is 11.6. The van der Waals surface area contributed by atoms with Crippen molar-refractivity contribution in [2.45, 2.75) is 47.1 Å². The molecule has 0 bridgehead atoms. The van der Waals surface area contributed by atoms with Crippen LogP contribution >= 0.6 is 0 Å². The Kier molecular flexibility index (Phi) is 9.24. The van der Waals surface area contributed by atoms with Crippen molar-refractivity contribution >= 4 is 5.78 Å². The average molecular weight is 259 g/mol. The first-order valence-corrected chi connectivity index (χ1v) is 6.76. The second kappa shape index (κ2) is 9.48. The SMILES string of the molecule is CC(C)NCCOCCOCCC(=O)C(C)(C)C. The van der Waals surface area contributed by atoms with Gasteiger partial charge in [-0.25, -0.2) is 0 Å². The average Bonchev–Trinajstić information content (AvgIpc) is 2.24. The maximum absolute atomic E-state index is 11.6. The van der Waals surface area contributed by atoms with Crippen molar-refractivity contribution in [3.63, 3.8) is 0 Å². The van der Waals surface area contributed by atoms with E-state index in [1.165, 1.54) is 0 Å². The molecule has 0 atom stereocenters.